The summed E-state index contributed by atoms with van der Waals surface area (Å²) in [7, 11) is 0. The van der Waals surface area contributed by atoms with Crippen LogP contribution < -0.4 is 10.9 Å². The van der Waals surface area contributed by atoms with Crippen molar-refractivity contribution in [2.45, 2.75) is 24.9 Å². The zero-order chi connectivity index (χ0) is 11.8. The fraction of sp³-hybridized carbons (Fsp3) is 0.455. The van der Waals surface area contributed by atoms with Crippen LogP contribution in [0.4, 0.5) is 0 Å². The van der Waals surface area contributed by atoms with Gasteiger partial charge < -0.3 is 20.4 Å². The number of aliphatic hydroxyl groups is 1. The highest BCUT2D eigenvalue weighted by Crippen LogP contribution is 2.29. The van der Waals surface area contributed by atoms with Gasteiger partial charge in [0.15, 0.2) is 0 Å². The van der Waals surface area contributed by atoms with Gasteiger partial charge in [0, 0.05) is 23.8 Å². The maximum Gasteiger partial charge on any atom is 0.275 e. The lowest BCUT2D eigenvalue weighted by Gasteiger charge is -2.11. The summed E-state index contributed by atoms with van der Waals surface area (Å²) < 4.78 is 0. The van der Waals surface area contributed by atoms with Crippen molar-refractivity contribution < 1.29 is 5.11 Å². The predicted molar refractivity (Wildman–Crippen MR) is 62.7 cm³/mol. The summed E-state index contributed by atoms with van der Waals surface area (Å²) in [4.78, 5) is 21.2. The van der Waals surface area contributed by atoms with E-state index in [0.717, 1.165) is 18.4 Å². The Labute approximate surface area is 97.1 Å². The van der Waals surface area contributed by atoms with Gasteiger partial charge in [-0.25, -0.2) is 4.98 Å². The first-order chi connectivity index (χ1) is 8.29. The highest BCUT2D eigenvalue weighted by atomic mass is 16.3. The quantitative estimate of drug-likeness (QED) is 0.590. The second-order valence-electron chi connectivity index (χ2n) is 4.38. The fourth-order valence-corrected chi connectivity index (χ4v) is 2.44. The minimum Gasteiger partial charge on any atom is -0.395 e. The Morgan fingerprint density at radius 1 is 1.41 bits per heavy atom. The molecule has 0 spiro atoms. The van der Waals surface area contributed by atoms with Crippen molar-refractivity contribution in [2.75, 3.05) is 6.61 Å². The lowest BCUT2D eigenvalue weighted by molar-refractivity contribution is 0.252. The van der Waals surface area contributed by atoms with Crippen molar-refractivity contribution in [2.24, 2.45) is 0 Å². The molecule has 0 saturated carbocycles. The van der Waals surface area contributed by atoms with E-state index in [-0.39, 0.29) is 24.2 Å². The zero-order valence-electron chi connectivity index (χ0n) is 9.23. The van der Waals surface area contributed by atoms with E-state index in [1.54, 1.807) is 0 Å². The molecule has 2 atom stereocenters. The SMILES string of the molecule is O=c1[nH]cnc2c(C3CCC(CO)N3)c[nH]c12. The van der Waals surface area contributed by atoms with E-state index in [2.05, 4.69) is 20.3 Å². The van der Waals surface area contributed by atoms with Gasteiger partial charge in [0.05, 0.1) is 12.9 Å². The monoisotopic (exact) mass is 234 g/mol. The Balaban J connectivity index is 2.02. The molecule has 3 rings (SSSR count). The molecule has 0 radical (unpaired) electrons. The van der Waals surface area contributed by atoms with Crippen LogP contribution in [0.1, 0.15) is 24.4 Å². The summed E-state index contributed by atoms with van der Waals surface area (Å²) in [5.74, 6) is 0. The van der Waals surface area contributed by atoms with E-state index in [9.17, 15) is 4.79 Å². The predicted octanol–water partition coefficient (Wildman–Crippen LogP) is 0.0366. The van der Waals surface area contributed by atoms with Gasteiger partial charge in [0.2, 0.25) is 0 Å². The smallest absolute Gasteiger partial charge is 0.275 e. The largest absolute Gasteiger partial charge is 0.395 e. The molecule has 2 unspecified atom stereocenters. The molecular weight excluding hydrogens is 220 g/mol. The van der Waals surface area contributed by atoms with Crippen molar-refractivity contribution >= 4 is 11.0 Å². The number of H-pyrrole nitrogens is 2. The second kappa shape index (κ2) is 3.97. The molecule has 3 heterocycles. The Kier molecular flexibility index (Phi) is 2.45. The Morgan fingerprint density at radius 3 is 3.06 bits per heavy atom. The van der Waals surface area contributed by atoms with Crippen molar-refractivity contribution in [3.05, 3.63) is 28.4 Å². The van der Waals surface area contributed by atoms with Gasteiger partial charge in [0.25, 0.3) is 5.56 Å². The van der Waals surface area contributed by atoms with Gasteiger partial charge in [-0.3, -0.25) is 4.79 Å². The second-order valence-corrected chi connectivity index (χ2v) is 4.38. The minimum absolute atomic E-state index is 0.145. The Hall–Kier alpha value is -1.66. The summed E-state index contributed by atoms with van der Waals surface area (Å²) in [6, 6.07) is 0.308. The number of nitrogens with zero attached hydrogens (tertiary/aromatic N) is 1. The van der Waals surface area contributed by atoms with E-state index in [4.69, 9.17) is 5.11 Å². The third-order valence-corrected chi connectivity index (χ3v) is 3.34. The summed E-state index contributed by atoms with van der Waals surface area (Å²) in [6.07, 6.45) is 5.13. The first-order valence-electron chi connectivity index (χ1n) is 5.71. The number of hydrogen-bond acceptors (Lipinski definition) is 4. The van der Waals surface area contributed by atoms with Gasteiger partial charge in [-0.1, -0.05) is 0 Å². The summed E-state index contributed by atoms with van der Waals surface area (Å²) in [5.41, 5.74) is 2.07. The van der Waals surface area contributed by atoms with E-state index >= 15 is 0 Å². The molecule has 2 aromatic rings. The number of fused-ring (bicyclic) bond motifs is 1. The molecule has 6 nitrogen and oxygen atoms in total. The standard InChI is InChI=1S/C11H14N4O2/c16-4-6-1-2-8(15-6)7-3-12-10-9(7)13-5-14-11(10)17/h3,5-6,8,12,15-16H,1-2,4H2,(H,13,14,17). The van der Waals surface area contributed by atoms with Crippen LogP contribution in [0.25, 0.3) is 11.0 Å². The molecule has 0 aliphatic carbocycles. The molecule has 0 amide bonds. The van der Waals surface area contributed by atoms with Crippen LogP contribution in [0.2, 0.25) is 0 Å². The normalized spacial score (nSPS) is 24.5. The lowest BCUT2D eigenvalue weighted by atomic mass is 10.1. The van der Waals surface area contributed by atoms with Gasteiger partial charge in [-0.15, -0.1) is 0 Å². The van der Waals surface area contributed by atoms with Crippen molar-refractivity contribution in [1.82, 2.24) is 20.3 Å². The van der Waals surface area contributed by atoms with E-state index in [1.165, 1.54) is 6.33 Å². The van der Waals surface area contributed by atoms with Crippen LogP contribution in [0.15, 0.2) is 17.3 Å². The Bertz CT molecular complexity index is 588. The molecule has 1 aliphatic rings. The number of aromatic nitrogens is 3. The molecule has 1 saturated heterocycles. The van der Waals surface area contributed by atoms with Crippen LogP contribution >= 0.6 is 0 Å². The van der Waals surface area contributed by atoms with Crippen molar-refractivity contribution in [3.63, 3.8) is 0 Å². The van der Waals surface area contributed by atoms with Gasteiger partial charge in [0.1, 0.15) is 11.0 Å². The number of nitrogens with one attached hydrogen (secondary N) is 3. The van der Waals surface area contributed by atoms with Crippen molar-refractivity contribution in [3.8, 4) is 0 Å². The molecule has 2 aromatic heterocycles. The molecule has 17 heavy (non-hydrogen) atoms. The Morgan fingerprint density at radius 2 is 2.29 bits per heavy atom. The molecule has 4 N–H and O–H groups in total. The van der Waals surface area contributed by atoms with E-state index < -0.39 is 0 Å². The topological polar surface area (TPSA) is 93.8 Å². The number of aliphatic hydroxyl groups excluding tert-OH is 1. The van der Waals surface area contributed by atoms with Crippen LogP contribution in [0.3, 0.4) is 0 Å². The number of rotatable bonds is 2. The average Bonchev–Trinajstić information content (AvgIpc) is 2.94. The van der Waals surface area contributed by atoms with Gasteiger partial charge in [-0.2, -0.15) is 0 Å². The maximum absolute atomic E-state index is 11.5. The third-order valence-electron chi connectivity index (χ3n) is 3.34. The summed E-state index contributed by atoms with van der Waals surface area (Å²) in [5, 5.41) is 12.4. The lowest BCUT2D eigenvalue weighted by Crippen LogP contribution is -2.27. The maximum atomic E-state index is 11.5. The molecule has 0 bridgehead atoms. The summed E-state index contributed by atoms with van der Waals surface area (Å²) >= 11 is 0. The highest BCUT2D eigenvalue weighted by Gasteiger charge is 2.26. The highest BCUT2D eigenvalue weighted by molar-refractivity contribution is 5.78. The van der Waals surface area contributed by atoms with Gasteiger partial charge in [-0.05, 0) is 12.8 Å². The van der Waals surface area contributed by atoms with Crippen LogP contribution in [0, 0.1) is 0 Å². The van der Waals surface area contributed by atoms with Crippen molar-refractivity contribution in [1.29, 1.82) is 0 Å². The molecule has 1 fully saturated rings. The van der Waals surface area contributed by atoms with Crippen LogP contribution in [-0.4, -0.2) is 32.7 Å². The molecule has 6 heteroatoms. The molecular formula is C11H14N4O2. The van der Waals surface area contributed by atoms with E-state index in [1.807, 2.05) is 6.20 Å². The first kappa shape index (κ1) is 10.5. The fourth-order valence-electron chi connectivity index (χ4n) is 2.44. The first-order valence-corrected chi connectivity index (χ1v) is 5.71. The molecule has 1 aliphatic heterocycles. The van der Waals surface area contributed by atoms with Crippen LogP contribution in [-0.2, 0) is 0 Å². The zero-order valence-corrected chi connectivity index (χ0v) is 9.23. The minimum atomic E-state index is -0.155. The number of hydrogen-bond donors (Lipinski definition) is 4. The molecule has 0 aromatic carbocycles. The van der Waals surface area contributed by atoms with Crippen LogP contribution in [0.5, 0.6) is 0 Å². The third kappa shape index (κ3) is 1.65. The molecule has 90 valence electrons. The van der Waals surface area contributed by atoms with E-state index in [0.29, 0.717) is 11.0 Å². The summed E-state index contributed by atoms with van der Waals surface area (Å²) in [6.45, 7) is 0.146. The average molecular weight is 234 g/mol. The van der Waals surface area contributed by atoms with Gasteiger partial charge >= 0.3 is 0 Å². The number of aromatic amines is 2.